The van der Waals surface area contributed by atoms with Crippen molar-refractivity contribution >= 4 is 23.0 Å². The van der Waals surface area contributed by atoms with E-state index in [1.807, 2.05) is 0 Å². The van der Waals surface area contributed by atoms with Crippen LogP contribution in [0.2, 0.25) is 0 Å². The fourth-order valence-electron chi connectivity index (χ4n) is 0.771. The van der Waals surface area contributed by atoms with E-state index >= 15 is 0 Å². The molecule has 2 unspecified atom stereocenters. The normalized spacial score (nSPS) is 15.9. The molecule has 0 aromatic heterocycles. The zero-order chi connectivity index (χ0) is 19.9. The van der Waals surface area contributed by atoms with Gasteiger partial charge in [-0.1, -0.05) is 13.8 Å². The van der Waals surface area contributed by atoms with Crippen molar-refractivity contribution in [1.29, 1.82) is 0 Å². The predicted molar refractivity (Wildman–Crippen MR) is 85.8 cm³/mol. The van der Waals surface area contributed by atoms with Crippen LogP contribution in [0.25, 0.3) is 0 Å². The quantitative estimate of drug-likeness (QED) is 0.505. The van der Waals surface area contributed by atoms with Gasteiger partial charge in [0.2, 0.25) is 0 Å². The van der Waals surface area contributed by atoms with Crippen LogP contribution in [0.3, 0.4) is 0 Å². The van der Waals surface area contributed by atoms with Crippen LogP contribution in [-0.2, 0) is 31.8 Å². The van der Waals surface area contributed by atoms with E-state index in [4.69, 9.17) is 0 Å². The van der Waals surface area contributed by atoms with Gasteiger partial charge in [-0.15, -0.1) is 0 Å². The third-order valence-electron chi connectivity index (χ3n) is 1.95. The lowest BCUT2D eigenvalue weighted by molar-refractivity contribution is -0.224. The molecule has 0 N–H and O–H groups in total. The summed E-state index contributed by atoms with van der Waals surface area (Å²) in [5.74, 6) is 0. The Labute approximate surface area is 144 Å². The van der Waals surface area contributed by atoms with Crippen molar-refractivity contribution in [3.63, 3.8) is 0 Å². The van der Waals surface area contributed by atoms with Crippen molar-refractivity contribution in [3.05, 3.63) is 0 Å². The summed E-state index contributed by atoms with van der Waals surface area (Å²) in [6, 6.07) is 0. The summed E-state index contributed by atoms with van der Waals surface area (Å²) >= 11 is 0. The second-order valence-corrected chi connectivity index (χ2v) is 9.48. The topological polar surface area (TPSA) is 157 Å². The summed E-state index contributed by atoms with van der Waals surface area (Å²) in [7, 11) is -9.61. The van der Waals surface area contributed by atoms with Gasteiger partial charge in [0, 0.05) is 19.4 Å². The molecule has 0 bridgehead atoms. The smallest absolute Gasteiger partial charge is 0.267 e. The molecule has 150 valence electrons. The largest absolute Gasteiger partial charge is 0.779 e. The molecule has 0 aliphatic heterocycles. The van der Waals surface area contributed by atoms with Gasteiger partial charge in [-0.05, 0) is 20.8 Å². The van der Waals surface area contributed by atoms with Crippen LogP contribution in [0.4, 0.5) is 0 Å². The highest BCUT2D eigenvalue weighted by Gasteiger charge is 2.04. The van der Waals surface area contributed by atoms with Crippen LogP contribution in [0.5, 0.6) is 0 Å². The van der Waals surface area contributed by atoms with E-state index in [-0.39, 0.29) is 32.1 Å². The van der Waals surface area contributed by atoms with Gasteiger partial charge in [0.1, 0.15) is 15.2 Å². The van der Waals surface area contributed by atoms with Gasteiger partial charge in [-0.25, -0.2) is 0 Å². The lowest BCUT2D eigenvalue weighted by Crippen LogP contribution is -2.07. The molecule has 13 heteroatoms. The van der Waals surface area contributed by atoms with Gasteiger partial charge in [0.15, 0.2) is 0 Å². The molecule has 0 amide bonds. The molecule has 24 heavy (non-hydrogen) atoms. The predicted octanol–water partition coefficient (Wildman–Crippen LogP) is 1.33. The van der Waals surface area contributed by atoms with Crippen LogP contribution in [0.15, 0.2) is 0 Å². The molecule has 0 aromatic rings. The van der Waals surface area contributed by atoms with Crippen LogP contribution >= 0.6 is 23.0 Å². The highest BCUT2D eigenvalue weighted by Crippen LogP contribution is 2.37. The average molecular weight is 413 g/mol. The maximum Gasteiger partial charge on any atom is 0.267 e. The van der Waals surface area contributed by atoms with E-state index in [1.54, 1.807) is 27.7 Å². The van der Waals surface area contributed by atoms with E-state index in [2.05, 4.69) is 18.1 Å². The Morgan fingerprint density at radius 3 is 1.12 bits per heavy atom. The Hall–Kier alpha value is 0.410. The summed E-state index contributed by atoms with van der Waals surface area (Å²) in [5.41, 5.74) is 0. The first-order chi connectivity index (χ1) is 10.9. The van der Waals surface area contributed by atoms with Crippen LogP contribution in [-0.4, -0.2) is 39.3 Å². The molecule has 2 atom stereocenters. The standard InChI is InChI=1S/C4H11O4P.C4H11O3P.C3H9O3P/c1-3-7-9(5,6)8-4-2;1-3-7-8(5,6)4-2;1-3-7(4,5)6-2/h3-4H2,1-2H3,(H,5,6);3-4H2,1-2H3,(H,5,6);3H2,1-2H3,(H,4,5)/p-3. The SMILES string of the molecule is CCOP(=O)([O-])CC.CCOP(=O)([O-])OCC.CCP(=O)([O-])OC. The fraction of sp³-hybridized carbons (Fsp3) is 1.00. The zero-order valence-corrected chi connectivity index (χ0v) is 17.6. The second kappa shape index (κ2) is 15.6. The van der Waals surface area contributed by atoms with E-state index < -0.39 is 23.0 Å². The zero-order valence-electron chi connectivity index (χ0n) is 15.0. The second-order valence-electron chi connectivity index (χ2n) is 3.74. The van der Waals surface area contributed by atoms with Gasteiger partial charge in [0.25, 0.3) is 7.82 Å². The number of hydrogen-bond donors (Lipinski definition) is 0. The minimum absolute atomic E-state index is 0.0729. The molecular weight excluding hydrogens is 385 g/mol. The monoisotopic (exact) mass is 413 g/mol. The van der Waals surface area contributed by atoms with Crippen LogP contribution in [0.1, 0.15) is 34.6 Å². The summed E-state index contributed by atoms with van der Waals surface area (Å²) in [4.78, 5) is 31.0. The van der Waals surface area contributed by atoms with Crippen molar-refractivity contribution in [3.8, 4) is 0 Å². The van der Waals surface area contributed by atoms with Gasteiger partial charge in [0.05, 0.1) is 19.8 Å². The molecular formula is C11H28O10P3-3. The third kappa shape index (κ3) is 22.4. The molecule has 0 aliphatic carbocycles. The Morgan fingerprint density at radius 1 is 0.667 bits per heavy atom. The molecule has 0 heterocycles. The van der Waals surface area contributed by atoms with E-state index in [9.17, 15) is 28.4 Å². The molecule has 0 saturated carbocycles. The Morgan fingerprint density at radius 2 is 1.00 bits per heavy atom. The number of hydrogen-bond acceptors (Lipinski definition) is 10. The van der Waals surface area contributed by atoms with E-state index in [0.717, 1.165) is 7.11 Å². The molecule has 0 spiro atoms. The summed E-state index contributed by atoms with van der Waals surface area (Å²) in [6.07, 6.45) is 0.157. The first-order valence-corrected chi connectivity index (χ1v) is 12.2. The van der Waals surface area contributed by atoms with Crippen LogP contribution in [0, 0.1) is 0 Å². The van der Waals surface area contributed by atoms with Crippen molar-refractivity contribution in [2.75, 3.05) is 39.3 Å². The van der Waals surface area contributed by atoms with Crippen LogP contribution < -0.4 is 14.7 Å². The van der Waals surface area contributed by atoms with Gasteiger partial charge in [-0.2, -0.15) is 0 Å². The minimum atomic E-state index is -3.94. The molecule has 0 fully saturated rings. The fourth-order valence-corrected chi connectivity index (χ4v) is 2.31. The molecule has 0 aromatic carbocycles. The minimum Gasteiger partial charge on any atom is -0.779 e. The highest BCUT2D eigenvalue weighted by atomic mass is 31.2. The Kier molecular flexibility index (Phi) is 19.0. The van der Waals surface area contributed by atoms with Gasteiger partial charge in [-0.3, -0.25) is 4.57 Å². The number of rotatable bonds is 9. The van der Waals surface area contributed by atoms with Crippen molar-refractivity contribution in [2.45, 2.75) is 34.6 Å². The van der Waals surface area contributed by atoms with Crippen molar-refractivity contribution < 1.29 is 46.5 Å². The summed E-state index contributed by atoms with van der Waals surface area (Å²) in [5, 5.41) is 0. The maximum absolute atomic E-state index is 10.4. The number of phosphoric acid groups is 1. The van der Waals surface area contributed by atoms with Gasteiger partial charge < -0.3 is 41.9 Å². The first-order valence-electron chi connectivity index (χ1n) is 7.27. The maximum atomic E-state index is 10.4. The highest BCUT2D eigenvalue weighted by molar-refractivity contribution is 7.51. The summed E-state index contributed by atoms with van der Waals surface area (Å²) in [6.45, 7) is 8.42. The Balaban J connectivity index is -0.000000278. The molecule has 0 radical (unpaired) electrons. The van der Waals surface area contributed by atoms with Crippen molar-refractivity contribution in [2.24, 2.45) is 0 Å². The molecule has 0 saturated heterocycles. The van der Waals surface area contributed by atoms with E-state index in [0.29, 0.717) is 0 Å². The molecule has 0 rings (SSSR count). The van der Waals surface area contributed by atoms with Gasteiger partial charge >= 0.3 is 0 Å². The lowest BCUT2D eigenvalue weighted by atomic mass is 10.9. The lowest BCUT2D eigenvalue weighted by Gasteiger charge is -2.20. The summed E-state index contributed by atoms with van der Waals surface area (Å²) < 4.78 is 48.0. The van der Waals surface area contributed by atoms with E-state index in [1.165, 1.54) is 6.92 Å². The first kappa shape index (κ1) is 29.2. The molecule has 0 aliphatic rings. The Bertz CT molecular complexity index is 410. The van der Waals surface area contributed by atoms with Crippen molar-refractivity contribution in [1.82, 2.24) is 0 Å². The number of phosphoric ester groups is 1. The molecule has 10 nitrogen and oxygen atoms in total. The average Bonchev–Trinajstić information content (AvgIpc) is 2.48. The third-order valence-corrected chi connectivity index (χ3v) is 5.86.